The topological polar surface area (TPSA) is 29.9 Å². The monoisotopic (exact) mass is 252 g/mol. The Kier molecular flexibility index (Phi) is 3.28. The summed E-state index contributed by atoms with van der Waals surface area (Å²) < 4.78 is 21.1. The van der Waals surface area contributed by atoms with Crippen molar-refractivity contribution >= 4 is 12.2 Å². The standard InChI is InChI=1S/C12H13FN2OS/c1-3-16-11-5-4-9(6-10(11)13)15-7-8(2)14-12(15)17/h4-7H,3H2,1-2H3,(H,14,17). The summed E-state index contributed by atoms with van der Waals surface area (Å²) in [4.78, 5) is 2.99. The molecule has 2 aromatic rings. The van der Waals surface area contributed by atoms with Gasteiger partial charge in [0, 0.05) is 18.0 Å². The zero-order valence-corrected chi connectivity index (χ0v) is 10.5. The smallest absolute Gasteiger partial charge is 0.181 e. The molecule has 0 spiro atoms. The minimum Gasteiger partial charge on any atom is -0.491 e. The number of rotatable bonds is 3. The lowest BCUT2D eigenvalue weighted by atomic mass is 10.3. The summed E-state index contributed by atoms with van der Waals surface area (Å²) >= 11 is 5.14. The van der Waals surface area contributed by atoms with E-state index in [-0.39, 0.29) is 11.6 Å². The van der Waals surface area contributed by atoms with Crippen molar-refractivity contribution in [2.24, 2.45) is 0 Å². The summed E-state index contributed by atoms with van der Waals surface area (Å²) in [7, 11) is 0. The second-order valence-electron chi connectivity index (χ2n) is 3.66. The Morgan fingerprint density at radius 1 is 1.47 bits per heavy atom. The summed E-state index contributed by atoms with van der Waals surface area (Å²) in [6.45, 7) is 4.16. The van der Waals surface area contributed by atoms with Crippen LogP contribution in [0.5, 0.6) is 5.75 Å². The summed E-state index contributed by atoms with van der Waals surface area (Å²) in [5, 5.41) is 0. The van der Waals surface area contributed by atoms with Crippen molar-refractivity contribution in [1.82, 2.24) is 9.55 Å². The molecule has 1 heterocycles. The van der Waals surface area contributed by atoms with Crippen LogP contribution in [0.1, 0.15) is 12.6 Å². The van der Waals surface area contributed by atoms with Gasteiger partial charge in [0.25, 0.3) is 0 Å². The SMILES string of the molecule is CCOc1ccc(-n2cc(C)[nH]c2=S)cc1F. The normalized spacial score (nSPS) is 10.5. The lowest BCUT2D eigenvalue weighted by Crippen LogP contribution is -1.97. The number of benzene rings is 1. The third-order valence-electron chi connectivity index (χ3n) is 2.34. The van der Waals surface area contributed by atoms with E-state index in [1.165, 1.54) is 6.07 Å². The molecule has 0 radical (unpaired) electrons. The molecule has 0 amide bonds. The molecule has 1 N–H and O–H groups in total. The number of aromatic amines is 1. The molecule has 0 fully saturated rings. The highest BCUT2D eigenvalue weighted by atomic mass is 32.1. The fraction of sp³-hybridized carbons (Fsp3) is 0.250. The number of imidazole rings is 1. The van der Waals surface area contributed by atoms with Crippen molar-refractivity contribution in [3.05, 3.63) is 40.7 Å². The van der Waals surface area contributed by atoms with Crippen molar-refractivity contribution < 1.29 is 9.13 Å². The summed E-state index contributed by atoms with van der Waals surface area (Å²) in [6.07, 6.45) is 1.83. The molecule has 0 saturated heterocycles. The molecule has 5 heteroatoms. The average molecular weight is 252 g/mol. The van der Waals surface area contributed by atoms with Gasteiger partial charge in [-0.15, -0.1) is 0 Å². The maximum atomic E-state index is 13.7. The molecule has 0 atom stereocenters. The Labute approximate surface area is 104 Å². The highest BCUT2D eigenvalue weighted by Crippen LogP contribution is 2.21. The van der Waals surface area contributed by atoms with Crippen LogP contribution in [-0.2, 0) is 0 Å². The van der Waals surface area contributed by atoms with Gasteiger partial charge < -0.3 is 9.72 Å². The van der Waals surface area contributed by atoms with Crippen LogP contribution in [-0.4, -0.2) is 16.2 Å². The van der Waals surface area contributed by atoms with Gasteiger partial charge in [-0.25, -0.2) is 4.39 Å². The Morgan fingerprint density at radius 3 is 2.76 bits per heavy atom. The second-order valence-corrected chi connectivity index (χ2v) is 4.05. The van der Waals surface area contributed by atoms with Crippen LogP contribution in [0.2, 0.25) is 0 Å². The first-order valence-corrected chi connectivity index (χ1v) is 5.73. The minimum absolute atomic E-state index is 0.259. The Morgan fingerprint density at radius 2 is 2.24 bits per heavy atom. The first-order chi connectivity index (χ1) is 8.11. The summed E-state index contributed by atoms with van der Waals surface area (Å²) in [5.74, 6) is -0.125. The lowest BCUT2D eigenvalue weighted by molar-refractivity contribution is 0.321. The van der Waals surface area contributed by atoms with Crippen LogP contribution >= 0.6 is 12.2 Å². The molecule has 0 aliphatic carbocycles. The highest BCUT2D eigenvalue weighted by Gasteiger charge is 2.06. The van der Waals surface area contributed by atoms with Gasteiger partial charge in [-0.2, -0.15) is 0 Å². The molecule has 1 aromatic carbocycles. The number of nitrogens with one attached hydrogen (secondary N) is 1. The molecule has 17 heavy (non-hydrogen) atoms. The molecular formula is C12H13FN2OS. The van der Waals surface area contributed by atoms with Crippen LogP contribution in [0.3, 0.4) is 0 Å². The third-order valence-corrected chi connectivity index (χ3v) is 2.64. The molecule has 2 rings (SSSR count). The highest BCUT2D eigenvalue weighted by molar-refractivity contribution is 7.71. The van der Waals surface area contributed by atoms with E-state index in [2.05, 4.69) is 4.98 Å². The Hall–Kier alpha value is -1.62. The van der Waals surface area contributed by atoms with E-state index in [4.69, 9.17) is 17.0 Å². The molecule has 3 nitrogen and oxygen atoms in total. The zero-order valence-electron chi connectivity index (χ0n) is 9.66. The van der Waals surface area contributed by atoms with Gasteiger partial charge in [-0.05, 0) is 38.2 Å². The van der Waals surface area contributed by atoms with Gasteiger partial charge >= 0.3 is 0 Å². The number of nitrogens with zero attached hydrogens (tertiary/aromatic N) is 1. The Bertz CT molecular complexity index is 588. The first kappa shape index (κ1) is 11.9. The summed E-state index contributed by atoms with van der Waals surface area (Å²) in [5.41, 5.74) is 1.62. The fourth-order valence-corrected chi connectivity index (χ4v) is 1.94. The predicted octanol–water partition coefficient (Wildman–Crippen LogP) is 3.38. The van der Waals surface area contributed by atoms with Crippen molar-refractivity contribution in [3.8, 4) is 11.4 Å². The van der Waals surface area contributed by atoms with Crippen molar-refractivity contribution in [2.45, 2.75) is 13.8 Å². The van der Waals surface area contributed by atoms with Crippen LogP contribution in [0.15, 0.2) is 24.4 Å². The average Bonchev–Trinajstić information content (AvgIpc) is 2.61. The molecular weight excluding hydrogens is 239 g/mol. The van der Waals surface area contributed by atoms with E-state index < -0.39 is 0 Å². The zero-order chi connectivity index (χ0) is 12.4. The van der Waals surface area contributed by atoms with E-state index in [1.54, 1.807) is 16.7 Å². The van der Waals surface area contributed by atoms with Crippen LogP contribution in [0.25, 0.3) is 5.69 Å². The molecule has 0 aliphatic heterocycles. The quantitative estimate of drug-likeness (QED) is 0.849. The predicted molar refractivity (Wildman–Crippen MR) is 66.8 cm³/mol. The maximum absolute atomic E-state index is 13.7. The largest absolute Gasteiger partial charge is 0.491 e. The van der Waals surface area contributed by atoms with Crippen LogP contribution < -0.4 is 4.74 Å². The number of aryl methyl sites for hydroxylation is 1. The van der Waals surface area contributed by atoms with Crippen molar-refractivity contribution in [2.75, 3.05) is 6.61 Å². The van der Waals surface area contributed by atoms with Gasteiger partial charge in [0.2, 0.25) is 0 Å². The van der Waals surface area contributed by atoms with Gasteiger partial charge in [-0.3, -0.25) is 4.57 Å². The maximum Gasteiger partial charge on any atom is 0.181 e. The van der Waals surface area contributed by atoms with Crippen LogP contribution in [0.4, 0.5) is 4.39 Å². The number of H-pyrrole nitrogens is 1. The molecule has 0 unspecified atom stereocenters. The van der Waals surface area contributed by atoms with Gasteiger partial charge in [0.1, 0.15) is 0 Å². The van der Waals surface area contributed by atoms with Crippen molar-refractivity contribution in [3.63, 3.8) is 0 Å². The molecule has 0 bridgehead atoms. The second kappa shape index (κ2) is 4.71. The molecule has 0 aliphatic rings. The number of ether oxygens (including phenoxy) is 1. The van der Waals surface area contributed by atoms with E-state index >= 15 is 0 Å². The van der Waals surface area contributed by atoms with E-state index in [9.17, 15) is 4.39 Å². The van der Waals surface area contributed by atoms with E-state index in [0.29, 0.717) is 17.1 Å². The van der Waals surface area contributed by atoms with Gasteiger partial charge in [0.15, 0.2) is 16.3 Å². The van der Waals surface area contributed by atoms with E-state index in [1.807, 2.05) is 20.0 Å². The van der Waals surface area contributed by atoms with E-state index in [0.717, 1.165) is 5.69 Å². The van der Waals surface area contributed by atoms with Gasteiger partial charge in [-0.1, -0.05) is 0 Å². The number of hydrogen-bond donors (Lipinski definition) is 1. The molecule has 0 saturated carbocycles. The first-order valence-electron chi connectivity index (χ1n) is 5.33. The van der Waals surface area contributed by atoms with Gasteiger partial charge in [0.05, 0.1) is 12.3 Å². The summed E-state index contributed by atoms with van der Waals surface area (Å²) in [6, 6.07) is 4.80. The number of hydrogen-bond acceptors (Lipinski definition) is 2. The third kappa shape index (κ3) is 2.39. The number of halogens is 1. The number of aromatic nitrogens is 2. The minimum atomic E-state index is -0.384. The Balaban J connectivity index is 2.44. The molecule has 1 aromatic heterocycles. The van der Waals surface area contributed by atoms with Crippen molar-refractivity contribution in [1.29, 1.82) is 0 Å². The lowest BCUT2D eigenvalue weighted by Gasteiger charge is -2.07. The molecule has 90 valence electrons. The fourth-order valence-electron chi connectivity index (χ4n) is 1.62. The van der Waals surface area contributed by atoms with Crippen LogP contribution in [0, 0.1) is 17.5 Å².